The summed E-state index contributed by atoms with van der Waals surface area (Å²) < 4.78 is 24.5. The number of piperazine rings is 1. The van der Waals surface area contributed by atoms with Crippen LogP contribution in [0.3, 0.4) is 0 Å². The first-order chi connectivity index (χ1) is 8.84. The van der Waals surface area contributed by atoms with Gasteiger partial charge in [0.25, 0.3) is 0 Å². The van der Waals surface area contributed by atoms with Gasteiger partial charge in [0.2, 0.25) is 10.0 Å². The number of rotatable bonds is 7. The van der Waals surface area contributed by atoms with Gasteiger partial charge in [0.15, 0.2) is 0 Å². The maximum atomic E-state index is 11.5. The van der Waals surface area contributed by atoms with Crippen LogP contribution in [0.1, 0.15) is 27.2 Å². The molecule has 0 aromatic heterocycles. The van der Waals surface area contributed by atoms with Crippen molar-refractivity contribution in [3.63, 3.8) is 0 Å². The average molecular weight is 291 g/mol. The fourth-order valence-electron chi connectivity index (χ4n) is 2.47. The van der Waals surface area contributed by atoms with Gasteiger partial charge in [-0.05, 0) is 18.9 Å². The first kappa shape index (κ1) is 16.9. The zero-order chi connectivity index (χ0) is 14.5. The molecular weight excluding hydrogens is 262 g/mol. The monoisotopic (exact) mass is 291 g/mol. The van der Waals surface area contributed by atoms with Crippen LogP contribution in [0.15, 0.2) is 0 Å². The third-order valence-corrected chi connectivity index (χ3v) is 4.97. The van der Waals surface area contributed by atoms with Crippen molar-refractivity contribution in [2.45, 2.75) is 33.2 Å². The largest absolute Gasteiger partial charge is 0.315 e. The first-order valence-corrected chi connectivity index (χ1v) is 9.09. The molecule has 1 aliphatic heterocycles. The molecule has 0 saturated carbocycles. The third-order valence-electron chi connectivity index (χ3n) is 3.66. The smallest absolute Gasteiger partial charge is 0.211 e. The van der Waals surface area contributed by atoms with Crippen molar-refractivity contribution >= 4 is 10.0 Å². The molecule has 1 aliphatic rings. The summed E-state index contributed by atoms with van der Waals surface area (Å²) in [5, 5.41) is 3.50. The molecule has 6 heteroatoms. The van der Waals surface area contributed by atoms with Crippen molar-refractivity contribution in [3.05, 3.63) is 0 Å². The van der Waals surface area contributed by atoms with Crippen LogP contribution in [-0.4, -0.2) is 69.2 Å². The summed E-state index contributed by atoms with van der Waals surface area (Å²) >= 11 is 0. The molecule has 19 heavy (non-hydrogen) atoms. The molecule has 1 fully saturated rings. The minimum absolute atomic E-state index is 0.514. The summed E-state index contributed by atoms with van der Waals surface area (Å²) in [5.41, 5.74) is 0. The molecule has 0 aromatic carbocycles. The van der Waals surface area contributed by atoms with Crippen molar-refractivity contribution < 1.29 is 8.42 Å². The van der Waals surface area contributed by atoms with E-state index in [1.807, 2.05) is 0 Å². The lowest BCUT2D eigenvalue weighted by atomic mass is 10.1. The Morgan fingerprint density at radius 2 is 1.68 bits per heavy atom. The molecule has 0 aromatic rings. The van der Waals surface area contributed by atoms with Crippen LogP contribution < -0.4 is 5.32 Å². The van der Waals surface area contributed by atoms with E-state index in [2.05, 4.69) is 31.0 Å². The van der Waals surface area contributed by atoms with Crippen LogP contribution in [0.4, 0.5) is 0 Å². The van der Waals surface area contributed by atoms with E-state index in [4.69, 9.17) is 0 Å². The van der Waals surface area contributed by atoms with E-state index >= 15 is 0 Å². The zero-order valence-electron chi connectivity index (χ0n) is 12.7. The highest BCUT2D eigenvalue weighted by Crippen LogP contribution is 2.11. The minimum Gasteiger partial charge on any atom is -0.315 e. The number of sulfonamides is 1. The predicted octanol–water partition coefficient (Wildman–Crippen LogP) is 0.588. The second-order valence-electron chi connectivity index (χ2n) is 5.81. The van der Waals surface area contributed by atoms with E-state index in [1.54, 1.807) is 4.31 Å². The Morgan fingerprint density at radius 1 is 1.11 bits per heavy atom. The van der Waals surface area contributed by atoms with Crippen molar-refractivity contribution in [2.24, 2.45) is 5.92 Å². The fourth-order valence-corrected chi connectivity index (χ4v) is 3.30. The molecule has 5 nitrogen and oxygen atoms in total. The molecule has 0 radical (unpaired) electrons. The summed E-state index contributed by atoms with van der Waals surface area (Å²) in [4.78, 5) is 2.41. The minimum atomic E-state index is -3.02. The third kappa shape index (κ3) is 5.77. The van der Waals surface area contributed by atoms with Gasteiger partial charge in [0.05, 0.1) is 6.26 Å². The van der Waals surface area contributed by atoms with Gasteiger partial charge in [-0.3, -0.25) is 4.90 Å². The standard InChI is InChI=1S/C13H29N3O2S/c1-5-13(11-14-10-12(2)3)15-6-8-16(9-7-15)19(4,17)18/h12-14H,5-11H2,1-4H3. The van der Waals surface area contributed by atoms with E-state index in [1.165, 1.54) is 6.26 Å². The molecule has 1 unspecified atom stereocenters. The highest BCUT2D eigenvalue weighted by atomic mass is 32.2. The quantitative estimate of drug-likeness (QED) is 0.746. The molecule has 0 amide bonds. The second-order valence-corrected chi connectivity index (χ2v) is 7.79. The summed E-state index contributed by atoms with van der Waals surface area (Å²) in [7, 11) is -3.02. The Balaban J connectivity index is 2.39. The molecule has 114 valence electrons. The van der Waals surface area contributed by atoms with E-state index in [0.29, 0.717) is 25.0 Å². The first-order valence-electron chi connectivity index (χ1n) is 7.24. The Morgan fingerprint density at radius 3 is 2.11 bits per heavy atom. The lowest BCUT2D eigenvalue weighted by molar-refractivity contribution is 0.131. The van der Waals surface area contributed by atoms with Gasteiger partial charge in [-0.25, -0.2) is 8.42 Å². The maximum Gasteiger partial charge on any atom is 0.211 e. The summed E-state index contributed by atoms with van der Waals surface area (Å²) in [6.07, 6.45) is 2.40. The number of hydrogen-bond acceptors (Lipinski definition) is 4. The van der Waals surface area contributed by atoms with Gasteiger partial charge in [0.1, 0.15) is 0 Å². The SMILES string of the molecule is CCC(CNCC(C)C)N1CCN(S(C)(=O)=O)CC1. The highest BCUT2D eigenvalue weighted by Gasteiger charge is 2.26. The van der Waals surface area contributed by atoms with E-state index in [9.17, 15) is 8.42 Å². The van der Waals surface area contributed by atoms with Gasteiger partial charge in [-0.15, -0.1) is 0 Å². The van der Waals surface area contributed by atoms with E-state index < -0.39 is 10.0 Å². The molecule has 1 saturated heterocycles. The lowest BCUT2D eigenvalue weighted by Crippen LogP contribution is -2.53. The van der Waals surface area contributed by atoms with Crippen molar-refractivity contribution in [3.8, 4) is 0 Å². The Kier molecular flexibility index (Phi) is 6.73. The van der Waals surface area contributed by atoms with Gasteiger partial charge < -0.3 is 5.32 Å². The van der Waals surface area contributed by atoms with Crippen molar-refractivity contribution in [2.75, 3.05) is 45.5 Å². The molecule has 1 N–H and O–H groups in total. The van der Waals surface area contributed by atoms with Crippen LogP contribution in [0.5, 0.6) is 0 Å². The van der Waals surface area contributed by atoms with E-state index in [-0.39, 0.29) is 0 Å². The second kappa shape index (κ2) is 7.57. The van der Waals surface area contributed by atoms with Crippen LogP contribution in [0.2, 0.25) is 0 Å². The normalized spacial score (nSPS) is 20.9. The van der Waals surface area contributed by atoms with Crippen LogP contribution >= 0.6 is 0 Å². The van der Waals surface area contributed by atoms with Crippen LogP contribution in [-0.2, 0) is 10.0 Å². The topological polar surface area (TPSA) is 52.6 Å². The molecule has 1 atom stereocenters. The molecule has 0 bridgehead atoms. The predicted molar refractivity (Wildman–Crippen MR) is 79.8 cm³/mol. The summed E-state index contributed by atoms with van der Waals surface area (Å²) in [5.74, 6) is 0.666. The van der Waals surface area contributed by atoms with E-state index in [0.717, 1.165) is 32.6 Å². The van der Waals surface area contributed by atoms with Gasteiger partial charge in [0, 0.05) is 38.8 Å². The molecule has 0 aliphatic carbocycles. The lowest BCUT2D eigenvalue weighted by Gasteiger charge is -2.38. The molecule has 1 rings (SSSR count). The highest BCUT2D eigenvalue weighted by molar-refractivity contribution is 7.88. The zero-order valence-corrected chi connectivity index (χ0v) is 13.5. The number of nitrogens with zero attached hydrogens (tertiary/aromatic N) is 2. The fraction of sp³-hybridized carbons (Fsp3) is 1.00. The van der Waals surface area contributed by atoms with Crippen molar-refractivity contribution in [1.82, 2.24) is 14.5 Å². The molecule has 1 heterocycles. The molecular formula is C13H29N3O2S. The maximum absolute atomic E-state index is 11.5. The Hall–Kier alpha value is -0.170. The Labute approximate surface area is 118 Å². The summed E-state index contributed by atoms with van der Waals surface area (Å²) in [6, 6.07) is 0.514. The van der Waals surface area contributed by atoms with Crippen LogP contribution in [0, 0.1) is 5.92 Å². The van der Waals surface area contributed by atoms with Gasteiger partial charge in [-0.1, -0.05) is 20.8 Å². The van der Waals surface area contributed by atoms with Crippen LogP contribution in [0.25, 0.3) is 0 Å². The summed E-state index contributed by atoms with van der Waals surface area (Å²) in [6.45, 7) is 11.6. The number of nitrogens with one attached hydrogen (secondary N) is 1. The van der Waals surface area contributed by atoms with Crippen molar-refractivity contribution in [1.29, 1.82) is 0 Å². The Bertz CT molecular complexity index is 349. The van der Waals surface area contributed by atoms with Gasteiger partial charge in [-0.2, -0.15) is 4.31 Å². The number of hydrogen-bond donors (Lipinski definition) is 1. The molecule has 0 spiro atoms. The van der Waals surface area contributed by atoms with Gasteiger partial charge >= 0.3 is 0 Å². The average Bonchev–Trinajstić information content (AvgIpc) is 2.33.